The topological polar surface area (TPSA) is 37.8 Å². The molecule has 1 N–H and O–H groups in total. The fourth-order valence-corrected chi connectivity index (χ4v) is 2.95. The summed E-state index contributed by atoms with van der Waals surface area (Å²) in [6.07, 6.45) is 0. The Hall–Kier alpha value is -3.20. The van der Waals surface area contributed by atoms with Crippen molar-refractivity contribution >= 4 is 22.5 Å². The van der Waals surface area contributed by atoms with Crippen LogP contribution in [0.4, 0.5) is 11.6 Å². The average molecular weight is 325 g/mol. The Bertz CT molecular complexity index is 1040. The molecule has 122 valence electrons. The predicted octanol–water partition coefficient (Wildman–Crippen LogP) is 5.66. The van der Waals surface area contributed by atoms with Gasteiger partial charge in [-0.25, -0.2) is 9.97 Å². The molecule has 4 rings (SSSR count). The molecule has 0 bridgehead atoms. The standard InChI is InChI=1S/C22H19N3/c1-15-12-13-18-20(14-15)24-22(23-19-11-7-6-8-16(19)2)25-21(18)17-9-4-3-5-10-17/h3-14H,1-2H3,(H,23,24,25). The number of aryl methyl sites for hydroxylation is 2. The van der Waals surface area contributed by atoms with Crippen LogP contribution < -0.4 is 5.32 Å². The molecule has 4 aromatic rings. The quantitative estimate of drug-likeness (QED) is 0.528. The molecule has 3 aromatic carbocycles. The molecule has 0 unspecified atom stereocenters. The SMILES string of the molecule is Cc1ccc2c(-c3ccccc3)nc(Nc3ccccc3C)nc2c1. The van der Waals surface area contributed by atoms with E-state index in [1.165, 1.54) is 5.56 Å². The van der Waals surface area contributed by atoms with Gasteiger partial charge >= 0.3 is 0 Å². The van der Waals surface area contributed by atoms with Gasteiger partial charge in [0.25, 0.3) is 0 Å². The first-order valence-corrected chi connectivity index (χ1v) is 8.37. The van der Waals surface area contributed by atoms with E-state index >= 15 is 0 Å². The molecule has 0 amide bonds. The molecule has 1 heterocycles. The largest absolute Gasteiger partial charge is 0.324 e. The maximum absolute atomic E-state index is 4.81. The van der Waals surface area contributed by atoms with E-state index in [1.807, 2.05) is 36.4 Å². The van der Waals surface area contributed by atoms with E-state index < -0.39 is 0 Å². The molecule has 0 saturated carbocycles. The van der Waals surface area contributed by atoms with Gasteiger partial charge in [0.05, 0.1) is 11.2 Å². The van der Waals surface area contributed by atoms with Crippen molar-refractivity contribution in [1.82, 2.24) is 9.97 Å². The van der Waals surface area contributed by atoms with Crippen molar-refractivity contribution in [3.63, 3.8) is 0 Å². The van der Waals surface area contributed by atoms with Crippen LogP contribution in [0.3, 0.4) is 0 Å². The van der Waals surface area contributed by atoms with Crippen molar-refractivity contribution in [2.24, 2.45) is 0 Å². The molecule has 1 aromatic heterocycles. The Morgan fingerprint density at radius 2 is 1.52 bits per heavy atom. The molecule has 0 radical (unpaired) electrons. The highest BCUT2D eigenvalue weighted by atomic mass is 15.1. The number of para-hydroxylation sites is 1. The zero-order valence-electron chi connectivity index (χ0n) is 14.3. The Morgan fingerprint density at radius 1 is 0.760 bits per heavy atom. The zero-order chi connectivity index (χ0) is 17.2. The molecule has 0 aliphatic carbocycles. The van der Waals surface area contributed by atoms with Crippen LogP contribution in [0, 0.1) is 13.8 Å². The van der Waals surface area contributed by atoms with Crippen molar-refractivity contribution in [1.29, 1.82) is 0 Å². The Morgan fingerprint density at radius 3 is 2.32 bits per heavy atom. The van der Waals surface area contributed by atoms with Crippen LogP contribution in [0.2, 0.25) is 0 Å². The zero-order valence-corrected chi connectivity index (χ0v) is 14.3. The Balaban J connectivity index is 1.90. The van der Waals surface area contributed by atoms with E-state index in [-0.39, 0.29) is 0 Å². The van der Waals surface area contributed by atoms with Crippen molar-refractivity contribution in [2.75, 3.05) is 5.32 Å². The third kappa shape index (κ3) is 3.09. The number of rotatable bonds is 3. The molecule has 0 fully saturated rings. The lowest BCUT2D eigenvalue weighted by Crippen LogP contribution is -2.01. The number of fused-ring (bicyclic) bond motifs is 1. The lowest BCUT2D eigenvalue weighted by atomic mass is 10.1. The molecular weight excluding hydrogens is 306 g/mol. The van der Waals surface area contributed by atoms with E-state index in [4.69, 9.17) is 9.97 Å². The van der Waals surface area contributed by atoms with Crippen LogP contribution in [0.25, 0.3) is 22.2 Å². The smallest absolute Gasteiger partial charge is 0.228 e. The normalized spacial score (nSPS) is 10.8. The van der Waals surface area contributed by atoms with E-state index in [2.05, 4.69) is 55.6 Å². The average Bonchev–Trinajstić information content (AvgIpc) is 2.63. The fraction of sp³-hybridized carbons (Fsp3) is 0.0909. The van der Waals surface area contributed by atoms with Crippen LogP contribution in [0.1, 0.15) is 11.1 Å². The lowest BCUT2D eigenvalue weighted by molar-refractivity contribution is 1.21. The van der Waals surface area contributed by atoms with Gasteiger partial charge in [-0.15, -0.1) is 0 Å². The van der Waals surface area contributed by atoms with Crippen LogP contribution in [0.15, 0.2) is 72.8 Å². The number of aromatic nitrogens is 2. The summed E-state index contributed by atoms with van der Waals surface area (Å²) in [7, 11) is 0. The Kier molecular flexibility index (Phi) is 3.90. The summed E-state index contributed by atoms with van der Waals surface area (Å²) in [6, 6.07) is 24.7. The van der Waals surface area contributed by atoms with Crippen molar-refractivity contribution in [3.8, 4) is 11.3 Å². The minimum Gasteiger partial charge on any atom is -0.324 e. The summed E-state index contributed by atoms with van der Waals surface area (Å²) < 4.78 is 0. The minimum absolute atomic E-state index is 0.617. The van der Waals surface area contributed by atoms with Crippen LogP contribution in [0.5, 0.6) is 0 Å². The molecule has 0 saturated heterocycles. The van der Waals surface area contributed by atoms with Gasteiger partial charge in [0.2, 0.25) is 5.95 Å². The maximum Gasteiger partial charge on any atom is 0.228 e. The summed E-state index contributed by atoms with van der Waals surface area (Å²) >= 11 is 0. The fourth-order valence-electron chi connectivity index (χ4n) is 2.95. The van der Waals surface area contributed by atoms with Gasteiger partial charge in [0.15, 0.2) is 0 Å². The number of benzene rings is 3. The second kappa shape index (κ2) is 6.36. The minimum atomic E-state index is 0.617. The molecule has 0 spiro atoms. The highest BCUT2D eigenvalue weighted by molar-refractivity contribution is 5.93. The van der Waals surface area contributed by atoms with E-state index in [0.29, 0.717) is 5.95 Å². The summed E-state index contributed by atoms with van der Waals surface area (Å²) in [5.74, 6) is 0.617. The molecule has 25 heavy (non-hydrogen) atoms. The highest BCUT2D eigenvalue weighted by Gasteiger charge is 2.10. The first-order chi connectivity index (χ1) is 12.2. The summed E-state index contributed by atoms with van der Waals surface area (Å²) in [5, 5.41) is 4.43. The third-order valence-corrected chi connectivity index (χ3v) is 4.29. The first-order valence-electron chi connectivity index (χ1n) is 8.37. The van der Waals surface area contributed by atoms with Gasteiger partial charge in [-0.05, 0) is 37.1 Å². The van der Waals surface area contributed by atoms with Gasteiger partial charge < -0.3 is 5.32 Å². The van der Waals surface area contributed by atoms with E-state index in [9.17, 15) is 0 Å². The van der Waals surface area contributed by atoms with E-state index in [0.717, 1.165) is 33.4 Å². The molecular formula is C22H19N3. The molecule has 3 nitrogen and oxygen atoms in total. The van der Waals surface area contributed by atoms with Gasteiger partial charge in [-0.3, -0.25) is 0 Å². The molecule has 0 aliphatic heterocycles. The number of anilines is 2. The predicted molar refractivity (Wildman–Crippen MR) is 104 cm³/mol. The van der Waals surface area contributed by atoms with Gasteiger partial charge in [-0.2, -0.15) is 0 Å². The second-order valence-corrected chi connectivity index (χ2v) is 6.22. The summed E-state index contributed by atoms with van der Waals surface area (Å²) in [6.45, 7) is 4.16. The summed E-state index contributed by atoms with van der Waals surface area (Å²) in [5.41, 5.74) is 6.36. The second-order valence-electron chi connectivity index (χ2n) is 6.22. The molecule has 0 aliphatic rings. The highest BCUT2D eigenvalue weighted by Crippen LogP contribution is 2.29. The van der Waals surface area contributed by atoms with Gasteiger partial charge in [0.1, 0.15) is 0 Å². The number of nitrogens with one attached hydrogen (secondary N) is 1. The van der Waals surface area contributed by atoms with Crippen LogP contribution in [-0.2, 0) is 0 Å². The van der Waals surface area contributed by atoms with E-state index in [1.54, 1.807) is 0 Å². The maximum atomic E-state index is 4.81. The summed E-state index contributed by atoms with van der Waals surface area (Å²) in [4.78, 5) is 9.55. The van der Waals surface area contributed by atoms with Crippen LogP contribution in [-0.4, -0.2) is 9.97 Å². The lowest BCUT2D eigenvalue weighted by Gasteiger charge is -2.12. The number of hydrogen-bond acceptors (Lipinski definition) is 3. The third-order valence-electron chi connectivity index (χ3n) is 4.29. The number of hydrogen-bond donors (Lipinski definition) is 1. The van der Waals surface area contributed by atoms with Gasteiger partial charge in [-0.1, -0.05) is 60.7 Å². The van der Waals surface area contributed by atoms with Crippen molar-refractivity contribution in [3.05, 3.63) is 83.9 Å². The monoisotopic (exact) mass is 325 g/mol. The van der Waals surface area contributed by atoms with Crippen LogP contribution >= 0.6 is 0 Å². The number of nitrogens with zero attached hydrogens (tertiary/aromatic N) is 2. The molecule has 0 atom stereocenters. The molecule has 3 heteroatoms. The Labute approximate surface area is 147 Å². The van der Waals surface area contributed by atoms with Crippen molar-refractivity contribution < 1.29 is 0 Å². The first kappa shape index (κ1) is 15.3. The van der Waals surface area contributed by atoms with Crippen molar-refractivity contribution in [2.45, 2.75) is 13.8 Å². The van der Waals surface area contributed by atoms with Gasteiger partial charge in [0, 0.05) is 16.6 Å².